The summed E-state index contributed by atoms with van der Waals surface area (Å²) in [7, 11) is 4.09. The number of hydrogen-bond donors (Lipinski definition) is 9. The number of amides is 1. The molecule has 2 fully saturated rings. The van der Waals surface area contributed by atoms with Gasteiger partial charge in [0.1, 0.15) is 46.0 Å². The molecule has 0 saturated carbocycles. The number of pyridine rings is 4. The molecule has 2 aliphatic heterocycles. The molecule has 25 nitrogen and oxygen atoms in total. The van der Waals surface area contributed by atoms with Gasteiger partial charge in [-0.15, -0.1) is 0 Å². The van der Waals surface area contributed by atoms with E-state index >= 15 is 0 Å². The molecule has 0 aliphatic carbocycles. The molecule has 12 aromatic carbocycles. The molecule has 0 spiro atoms. The Kier molecular flexibility index (Phi) is 26.0. The number of carbonyl (C=O) groups excluding carboxylic acids is 1. The summed E-state index contributed by atoms with van der Waals surface area (Å²) in [6, 6.07) is 83.1. The second kappa shape index (κ2) is 40.9. The number of aromatic amines is 8. The number of anilines is 1. The van der Waals surface area contributed by atoms with E-state index in [9.17, 15) is 22.4 Å². The minimum Gasteiger partial charge on any atom is -0.337 e. The Balaban J connectivity index is 0.000000109. The van der Waals surface area contributed by atoms with Gasteiger partial charge in [0.05, 0.1) is 78.1 Å². The van der Waals surface area contributed by atoms with Crippen LogP contribution in [0.4, 0.5) is 23.2 Å². The Bertz CT molecular complexity index is 9120. The summed E-state index contributed by atoms with van der Waals surface area (Å²) in [6.45, 7) is 13.4. The molecule has 12 aromatic heterocycles. The maximum atomic E-state index is 13.9. The van der Waals surface area contributed by atoms with E-state index < -0.39 is 0 Å². The number of likely N-dealkylation sites (tertiary alicyclic amines) is 2. The van der Waals surface area contributed by atoms with Crippen LogP contribution in [0.25, 0.3) is 223 Å². The van der Waals surface area contributed by atoms with Crippen molar-refractivity contribution < 1.29 is 22.4 Å². The Morgan fingerprint density at radius 1 is 0.315 bits per heavy atom. The van der Waals surface area contributed by atoms with Crippen LogP contribution < -0.4 is 5.32 Å². The Morgan fingerprint density at radius 2 is 0.611 bits per heavy atom. The highest BCUT2D eigenvalue weighted by molar-refractivity contribution is 6.04. The summed E-state index contributed by atoms with van der Waals surface area (Å²) in [4.78, 5) is 70.6. The number of nitrogens with one attached hydrogen (secondary N) is 9. The molecule has 149 heavy (non-hydrogen) atoms. The van der Waals surface area contributed by atoms with Crippen molar-refractivity contribution in [1.82, 2.24) is 115 Å². The zero-order chi connectivity index (χ0) is 101. The van der Waals surface area contributed by atoms with Crippen molar-refractivity contribution in [3.05, 3.63) is 356 Å². The number of rotatable bonds is 20. The van der Waals surface area contributed by atoms with E-state index in [1.165, 1.54) is 91.8 Å². The molecule has 0 radical (unpaired) electrons. The zero-order valence-corrected chi connectivity index (χ0v) is 82.3. The monoisotopic (exact) mass is 1970 g/mol. The van der Waals surface area contributed by atoms with E-state index in [0.29, 0.717) is 41.1 Å². The molecule has 24 aromatic rings. The van der Waals surface area contributed by atoms with Gasteiger partial charge in [-0.05, 0) is 278 Å². The van der Waals surface area contributed by atoms with Gasteiger partial charge in [0.15, 0.2) is 23.3 Å². The van der Waals surface area contributed by atoms with Crippen LogP contribution in [0.15, 0.2) is 316 Å². The van der Waals surface area contributed by atoms with Crippen LogP contribution in [-0.2, 0) is 24.4 Å². The van der Waals surface area contributed by atoms with Crippen LogP contribution in [-0.4, -0.2) is 161 Å². The van der Waals surface area contributed by atoms with E-state index in [1.807, 2.05) is 199 Å². The fraction of sp³-hybridized carbons (Fsp3) is 0.158. The van der Waals surface area contributed by atoms with Crippen LogP contribution in [0.2, 0.25) is 0 Å². The van der Waals surface area contributed by atoms with Crippen molar-refractivity contribution in [3.63, 3.8) is 0 Å². The van der Waals surface area contributed by atoms with Crippen molar-refractivity contribution >= 4 is 99.3 Å². The number of hydrogen-bond acceptors (Lipinski definition) is 16. The smallest absolute Gasteiger partial charge is 0.224 e. The molecule has 9 N–H and O–H groups in total. The molecular formula is C120H102F4N24O. The van der Waals surface area contributed by atoms with Gasteiger partial charge in [0.2, 0.25) is 5.91 Å². The summed E-state index contributed by atoms with van der Waals surface area (Å²) in [5, 5.41) is 37.6. The third kappa shape index (κ3) is 20.6. The van der Waals surface area contributed by atoms with E-state index in [0.717, 1.165) is 245 Å². The summed E-state index contributed by atoms with van der Waals surface area (Å²) in [5.41, 5.74) is 32.1. The van der Waals surface area contributed by atoms with Gasteiger partial charge in [-0.25, -0.2) is 37.5 Å². The summed E-state index contributed by atoms with van der Waals surface area (Å²) in [5.74, 6) is 1.46. The maximum Gasteiger partial charge on any atom is 0.224 e. The molecule has 1 amide bonds. The average molecular weight is 1970 g/mol. The molecule has 2 aliphatic rings. The van der Waals surface area contributed by atoms with Crippen molar-refractivity contribution in [3.8, 4) is 135 Å². The van der Waals surface area contributed by atoms with Gasteiger partial charge in [-0.1, -0.05) is 149 Å². The highest BCUT2D eigenvalue weighted by Gasteiger charge is 2.26. The maximum absolute atomic E-state index is 13.9. The number of imidazole rings is 4. The molecule has 0 unspecified atom stereocenters. The summed E-state index contributed by atoms with van der Waals surface area (Å²) < 4.78 is 55.6. The van der Waals surface area contributed by atoms with Crippen LogP contribution in [0.3, 0.4) is 0 Å². The standard InChI is InChI=1S/C31H27FN6O.C31H27FN6.C30H25FN6.C28H23FN6/c1-31(2,3)15-27(39)34-22-13-20(16-33-17-22)18-10-11-25-24(14-18)29(38-37-25)30-35-26-9-5-8-23(28(26)36-30)19-6-4-7-21(32)12-19;32-24-7-4-6-22(15-24)25-8-5-9-28-29(25)35-31(34-28)30-26-16-21(10-11-27(26)36-37-30)23-14-20(17-33-18-23)19-38-12-2-1-3-13-38;31-23-6-3-5-21(14-23)24-7-4-8-27-28(24)34-30(33-27)29-25-15-20(9-10-26(25)35-36-29)22-13-19(16-32-17-22)18-37-11-1-2-12-37;1-35(2)16-17-11-20(15-30-14-17)18-9-10-24-23(13-18)27(34-33-24)28-31-25-8-4-7-22(26(25)32-28)19-5-3-6-21(29)12-19/h4-14,16-17H,15H2,1-3H3,(H,34,39)(H,35,36)(H,37,38);4-11,14-18H,1-3,12-13,19H2,(H,34,35)(H,36,37);3-10,13-17H,1-2,11-12,18H2,(H,33,34)(H,35,36);3-15H,16H2,1-2H3,(H,31,32)(H,33,34). The first kappa shape index (κ1) is 94.6. The average Bonchev–Trinajstić information content (AvgIpc) is 1.62. The topological polar surface area (TPSA) is 320 Å². The predicted octanol–water partition coefficient (Wildman–Crippen LogP) is 26.9. The van der Waals surface area contributed by atoms with Crippen LogP contribution in [0.1, 0.15) is 76.0 Å². The first-order valence-corrected chi connectivity index (χ1v) is 49.8. The number of aromatic nitrogens is 20. The Hall–Kier alpha value is -17.9. The quantitative estimate of drug-likeness (QED) is 0.0320. The number of para-hydroxylation sites is 4. The third-order valence-electron chi connectivity index (χ3n) is 27.1. The lowest BCUT2D eigenvalue weighted by Crippen LogP contribution is -2.29. The van der Waals surface area contributed by atoms with Crippen molar-refractivity contribution in [2.45, 2.75) is 78.9 Å². The number of halogens is 4. The first-order chi connectivity index (χ1) is 72.7. The van der Waals surface area contributed by atoms with Crippen molar-refractivity contribution in [1.29, 1.82) is 0 Å². The Morgan fingerprint density at radius 3 is 0.926 bits per heavy atom. The molecule has 736 valence electrons. The zero-order valence-electron chi connectivity index (χ0n) is 82.3. The number of H-pyrrole nitrogens is 8. The molecule has 26 rings (SSSR count). The fourth-order valence-corrected chi connectivity index (χ4v) is 20.1. The fourth-order valence-electron chi connectivity index (χ4n) is 20.1. The number of benzene rings is 12. The van der Waals surface area contributed by atoms with E-state index in [1.54, 1.807) is 36.7 Å². The minimum atomic E-state index is -0.293. The molecule has 29 heteroatoms. The van der Waals surface area contributed by atoms with Crippen molar-refractivity contribution in [2.75, 3.05) is 45.6 Å². The highest BCUT2D eigenvalue weighted by Crippen LogP contribution is 2.42. The predicted molar refractivity (Wildman–Crippen MR) is 583 cm³/mol. The third-order valence-corrected chi connectivity index (χ3v) is 27.1. The van der Waals surface area contributed by atoms with Crippen molar-refractivity contribution in [2.24, 2.45) is 5.41 Å². The highest BCUT2D eigenvalue weighted by atomic mass is 19.1. The number of nitrogens with zero attached hydrogens (tertiary/aromatic N) is 15. The second-order valence-corrected chi connectivity index (χ2v) is 39.6. The number of carbonyl (C=O) groups is 1. The van der Waals surface area contributed by atoms with Gasteiger partial charge >= 0.3 is 0 Å². The number of piperidine rings is 1. The van der Waals surface area contributed by atoms with E-state index in [4.69, 9.17) is 19.9 Å². The molecule has 14 heterocycles. The van der Waals surface area contributed by atoms with Crippen LogP contribution in [0, 0.1) is 28.7 Å². The van der Waals surface area contributed by atoms with Gasteiger partial charge in [0, 0.05) is 135 Å². The van der Waals surface area contributed by atoms with Gasteiger partial charge < -0.3 is 30.2 Å². The summed E-state index contributed by atoms with van der Waals surface area (Å²) >= 11 is 0. The van der Waals surface area contributed by atoms with Gasteiger partial charge in [-0.2, -0.15) is 20.4 Å². The number of fused-ring (bicyclic) bond motifs is 8. The normalized spacial score (nSPS) is 13.0. The SMILES string of the molecule is CC(C)(C)CC(=O)Nc1cncc(-c2ccc3[nH]nc(-c4nc5c(-c6cccc(F)c6)cccc5[nH]4)c3c2)c1.CN(C)Cc1cncc(-c2ccc3[nH]nc(-c4nc5c(-c6cccc(F)c6)cccc5[nH]4)c3c2)c1.Fc1cccc(-c2cccc3[nH]c(-c4n[nH]c5ccc(-c6cncc(CN7CCCC7)c6)cc45)nc23)c1.Fc1cccc(-c2cccc3[nH]c(-c4n[nH]c5ccc(-c6cncc(CN7CCCCC7)c6)cc45)nc23)c1. The minimum absolute atomic E-state index is 0.0449. The van der Waals surface area contributed by atoms with Crippen LogP contribution >= 0.6 is 0 Å². The first-order valence-electron chi connectivity index (χ1n) is 49.8. The van der Waals surface area contributed by atoms with E-state index in [-0.39, 0.29) is 34.6 Å². The molecule has 2 saturated heterocycles. The summed E-state index contributed by atoms with van der Waals surface area (Å²) in [6.07, 6.45) is 21.8. The van der Waals surface area contributed by atoms with Gasteiger partial charge in [-0.3, -0.25) is 54.9 Å². The molecule has 0 atom stereocenters. The second-order valence-electron chi connectivity index (χ2n) is 39.6. The molecule has 0 bridgehead atoms. The lowest BCUT2D eigenvalue weighted by molar-refractivity contribution is -0.117. The Labute approximate surface area is 853 Å². The lowest BCUT2D eigenvalue weighted by atomic mass is 9.92. The lowest BCUT2D eigenvalue weighted by Gasteiger charge is -2.26. The van der Waals surface area contributed by atoms with E-state index in [2.05, 4.69) is 167 Å². The van der Waals surface area contributed by atoms with Gasteiger partial charge in [0.25, 0.3) is 0 Å². The van der Waals surface area contributed by atoms with Crippen LogP contribution in [0.5, 0.6) is 0 Å². The largest absolute Gasteiger partial charge is 0.337 e. The molecular weight excluding hydrogens is 1870 g/mol.